The Kier molecular flexibility index (Phi) is 11.2. The molecule has 0 bridgehead atoms. The number of hydrogen-bond donors (Lipinski definition) is 4. The third-order valence-electron chi connectivity index (χ3n) is 8.73. The minimum atomic E-state index is -4.89. The van der Waals surface area contributed by atoms with Crippen LogP contribution in [0.5, 0.6) is 11.5 Å². The molecule has 2 heterocycles. The SMILES string of the molecule is C=CCOC(=O)[C@H]1OC(OC(=O)C[C@H](c2ccc(Cl)c(NC(=O)[C@H](c3ccc4c(c3)OC(F)(F)O4)[C@@H](C)C(F)(F)F)c2)C2CC2)[C@H](O)[C@@H](O)[C@@H]1O. The summed E-state index contributed by atoms with van der Waals surface area (Å²) >= 11 is 6.34. The summed E-state index contributed by atoms with van der Waals surface area (Å²) in [5, 5.41) is 33.2. The summed E-state index contributed by atoms with van der Waals surface area (Å²) in [7, 11) is 0. The van der Waals surface area contributed by atoms with Crippen LogP contribution in [0.15, 0.2) is 49.1 Å². The lowest BCUT2D eigenvalue weighted by atomic mass is 9.85. The number of aliphatic hydroxyl groups excluding tert-OH is 3. The first-order valence-corrected chi connectivity index (χ1v) is 16.0. The molecule has 2 aliphatic heterocycles. The molecular formula is C33H33ClF5NO11. The molecule has 0 spiro atoms. The highest BCUT2D eigenvalue weighted by Crippen LogP contribution is 2.47. The standard InChI is InChI=1S/C33H33ClF5NO11/c1-3-10-47-30(46)28-26(43)25(42)27(44)31(49-28)48-23(41)13-18(15-4-5-15)16-6-8-19(34)20(11-16)40-29(45)24(14(2)32(35,36)37)17-7-9-21-22(12-17)51-33(38,39)50-21/h3,6-9,11-12,14-15,18,24-28,31,42-44H,1,4-5,10,13H2,2H3,(H,40,45)/t14-,18+,24+,25+,26+,27-,28+,31?/m1/s1. The van der Waals surface area contributed by atoms with E-state index in [0.29, 0.717) is 18.4 Å². The third kappa shape index (κ3) is 8.72. The van der Waals surface area contributed by atoms with Crippen LogP contribution in [0.2, 0.25) is 5.02 Å². The first-order chi connectivity index (χ1) is 23.9. The number of fused-ring (bicyclic) bond motifs is 1. The van der Waals surface area contributed by atoms with Crippen molar-refractivity contribution < 1.29 is 75.3 Å². The van der Waals surface area contributed by atoms with Gasteiger partial charge in [-0.05, 0) is 60.1 Å². The van der Waals surface area contributed by atoms with Gasteiger partial charge in [0.1, 0.15) is 24.9 Å². The third-order valence-corrected chi connectivity index (χ3v) is 9.06. The molecule has 278 valence electrons. The monoisotopic (exact) mass is 749 g/mol. The zero-order chi connectivity index (χ0) is 37.4. The predicted molar refractivity (Wildman–Crippen MR) is 165 cm³/mol. The van der Waals surface area contributed by atoms with E-state index in [-0.39, 0.29) is 35.2 Å². The summed E-state index contributed by atoms with van der Waals surface area (Å²) in [6.45, 7) is 3.90. The number of carbonyl (C=O) groups is 3. The molecule has 5 rings (SSSR count). The van der Waals surface area contributed by atoms with E-state index in [4.69, 9.17) is 25.8 Å². The number of benzene rings is 2. The molecule has 2 fully saturated rings. The van der Waals surface area contributed by atoms with Gasteiger partial charge in [0, 0.05) is 0 Å². The van der Waals surface area contributed by atoms with E-state index in [1.54, 1.807) is 6.07 Å². The summed E-state index contributed by atoms with van der Waals surface area (Å²) in [5.74, 6) is -9.09. The van der Waals surface area contributed by atoms with Crippen molar-refractivity contribution >= 4 is 35.1 Å². The molecule has 0 radical (unpaired) electrons. The zero-order valence-corrected chi connectivity index (χ0v) is 27.4. The van der Waals surface area contributed by atoms with E-state index in [0.717, 1.165) is 25.1 Å². The first kappa shape index (κ1) is 38.2. The zero-order valence-electron chi connectivity index (χ0n) is 26.6. The summed E-state index contributed by atoms with van der Waals surface area (Å²) in [6, 6.07) is 7.17. The Morgan fingerprint density at radius 1 is 1.04 bits per heavy atom. The van der Waals surface area contributed by atoms with Crippen molar-refractivity contribution in [1.82, 2.24) is 0 Å². The second-order valence-corrected chi connectivity index (χ2v) is 12.8. The Morgan fingerprint density at radius 3 is 2.35 bits per heavy atom. The Labute approximate surface area is 292 Å². The molecule has 0 aromatic heterocycles. The molecule has 3 aliphatic rings. The molecule has 12 nitrogen and oxygen atoms in total. The fourth-order valence-corrected chi connectivity index (χ4v) is 6.04. The highest BCUT2D eigenvalue weighted by molar-refractivity contribution is 6.33. The fourth-order valence-electron chi connectivity index (χ4n) is 5.87. The van der Waals surface area contributed by atoms with Crippen molar-refractivity contribution in [2.24, 2.45) is 11.8 Å². The predicted octanol–water partition coefficient (Wildman–Crippen LogP) is 4.55. The van der Waals surface area contributed by atoms with Gasteiger partial charge >= 0.3 is 24.4 Å². The van der Waals surface area contributed by atoms with Gasteiger partial charge in [-0.15, -0.1) is 8.78 Å². The number of aliphatic hydroxyl groups is 3. The Morgan fingerprint density at radius 2 is 1.71 bits per heavy atom. The number of anilines is 1. The van der Waals surface area contributed by atoms with Crippen LogP contribution in [-0.4, -0.2) is 82.9 Å². The van der Waals surface area contributed by atoms with E-state index < -0.39 is 90.3 Å². The molecule has 1 saturated carbocycles. The Hall–Kier alpha value is -4.03. The van der Waals surface area contributed by atoms with Gasteiger partial charge < -0.3 is 44.3 Å². The number of amides is 1. The van der Waals surface area contributed by atoms with E-state index >= 15 is 0 Å². The van der Waals surface area contributed by atoms with Crippen molar-refractivity contribution in [3.63, 3.8) is 0 Å². The number of rotatable bonds is 12. The maximum absolute atomic E-state index is 14.0. The largest absolute Gasteiger partial charge is 0.586 e. The van der Waals surface area contributed by atoms with E-state index in [1.807, 2.05) is 0 Å². The van der Waals surface area contributed by atoms with Gasteiger partial charge in [-0.3, -0.25) is 9.59 Å². The fraction of sp³-hybridized carbons (Fsp3) is 0.485. The van der Waals surface area contributed by atoms with Crippen LogP contribution < -0.4 is 14.8 Å². The molecule has 1 aliphatic carbocycles. The van der Waals surface area contributed by atoms with Gasteiger partial charge in [-0.1, -0.05) is 43.3 Å². The van der Waals surface area contributed by atoms with Gasteiger partial charge in [0.2, 0.25) is 12.2 Å². The molecular weight excluding hydrogens is 717 g/mol. The maximum Gasteiger partial charge on any atom is 0.586 e. The van der Waals surface area contributed by atoms with Crippen molar-refractivity contribution in [1.29, 1.82) is 0 Å². The Balaban J connectivity index is 1.33. The molecule has 1 saturated heterocycles. The molecule has 18 heteroatoms. The lowest BCUT2D eigenvalue weighted by Crippen LogP contribution is -2.61. The molecule has 51 heavy (non-hydrogen) atoms. The lowest BCUT2D eigenvalue weighted by Gasteiger charge is -2.38. The number of carbonyl (C=O) groups excluding carboxylic acids is 3. The average molecular weight is 750 g/mol. The topological polar surface area (TPSA) is 170 Å². The molecule has 1 amide bonds. The van der Waals surface area contributed by atoms with Crippen LogP contribution in [0.4, 0.5) is 27.6 Å². The van der Waals surface area contributed by atoms with Crippen molar-refractivity contribution in [2.75, 3.05) is 11.9 Å². The number of ether oxygens (including phenoxy) is 5. The second kappa shape index (κ2) is 14.9. The first-order valence-electron chi connectivity index (χ1n) is 15.6. The highest BCUT2D eigenvalue weighted by atomic mass is 35.5. The number of esters is 2. The van der Waals surface area contributed by atoms with Gasteiger partial charge in [0.25, 0.3) is 0 Å². The van der Waals surface area contributed by atoms with Gasteiger partial charge in [-0.25, -0.2) is 4.79 Å². The molecule has 4 N–H and O–H groups in total. The summed E-state index contributed by atoms with van der Waals surface area (Å²) in [4.78, 5) is 39.0. The van der Waals surface area contributed by atoms with Gasteiger partial charge in [-0.2, -0.15) is 13.2 Å². The lowest BCUT2D eigenvalue weighted by molar-refractivity contribution is -0.287. The number of hydrogen-bond acceptors (Lipinski definition) is 11. The van der Waals surface area contributed by atoms with Crippen LogP contribution in [-0.2, 0) is 28.6 Å². The number of halogens is 6. The minimum absolute atomic E-state index is 0.0615. The second-order valence-electron chi connectivity index (χ2n) is 12.4. The van der Waals surface area contributed by atoms with Crippen LogP contribution in [0.25, 0.3) is 0 Å². The van der Waals surface area contributed by atoms with Crippen molar-refractivity contribution in [3.05, 3.63) is 65.2 Å². The number of alkyl halides is 5. The van der Waals surface area contributed by atoms with Crippen LogP contribution in [0, 0.1) is 11.8 Å². The van der Waals surface area contributed by atoms with Crippen LogP contribution in [0.3, 0.4) is 0 Å². The van der Waals surface area contributed by atoms with E-state index in [1.165, 1.54) is 18.2 Å². The Bertz CT molecular complexity index is 1660. The smallest absolute Gasteiger partial charge is 0.459 e. The summed E-state index contributed by atoms with van der Waals surface area (Å²) < 4.78 is 93.2. The molecule has 2 aromatic rings. The highest BCUT2D eigenvalue weighted by Gasteiger charge is 2.50. The van der Waals surface area contributed by atoms with E-state index in [9.17, 15) is 51.7 Å². The van der Waals surface area contributed by atoms with Crippen molar-refractivity contribution in [3.8, 4) is 11.5 Å². The van der Waals surface area contributed by atoms with Crippen LogP contribution in [0.1, 0.15) is 49.1 Å². The number of nitrogens with one attached hydrogen (secondary N) is 1. The summed E-state index contributed by atoms with van der Waals surface area (Å²) in [5.41, 5.74) is 0.0457. The van der Waals surface area contributed by atoms with Crippen molar-refractivity contribution in [2.45, 2.75) is 81.2 Å². The van der Waals surface area contributed by atoms with Gasteiger partial charge in [0.05, 0.1) is 29.0 Å². The molecule has 1 unspecified atom stereocenters. The minimum Gasteiger partial charge on any atom is -0.459 e. The van der Waals surface area contributed by atoms with E-state index in [2.05, 4.69) is 21.4 Å². The molecule has 8 atom stereocenters. The maximum atomic E-state index is 14.0. The quantitative estimate of drug-likeness (QED) is 0.137. The van der Waals surface area contributed by atoms with Crippen LogP contribution >= 0.6 is 11.6 Å². The van der Waals surface area contributed by atoms with Gasteiger partial charge in [0.15, 0.2) is 17.6 Å². The summed E-state index contributed by atoms with van der Waals surface area (Å²) in [6.07, 6.45) is -16.1. The molecule has 2 aromatic carbocycles. The average Bonchev–Trinajstić information content (AvgIpc) is 3.85. The normalized spacial score (nSPS) is 25.6.